The van der Waals surface area contributed by atoms with Crippen LogP contribution in [0.1, 0.15) is 18.5 Å². The standard InChI is InChI=1S/C16H15Br2NO/c1-10-9-20-15-5-3-2-4-12(15)16(10)19-14-8-11(17)6-7-13(14)18/h2-8,10,16,19H,9H2,1H3. The second kappa shape index (κ2) is 5.78. The van der Waals surface area contributed by atoms with Crippen molar-refractivity contribution in [3.63, 3.8) is 0 Å². The number of hydrogen-bond acceptors (Lipinski definition) is 2. The molecule has 0 fully saturated rings. The Morgan fingerprint density at radius 3 is 2.80 bits per heavy atom. The number of rotatable bonds is 2. The molecule has 4 heteroatoms. The van der Waals surface area contributed by atoms with Gasteiger partial charge in [-0.25, -0.2) is 0 Å². The van der Waals surface area contributed by atoms with Gasteiger partial charge in [0.05, 0.1) is 18.3 Å². The zero-order valence-electron chi connectivity index (χ0n) is 11.1. The molecule has 0 saturated carbocycles. The van der Waals surface area contributed by atoms with Crippen LogP contribution in [0.4, 0.5) is 5.69 Å². The van der Waals surface area contributed by atoms with Gasteiger partial charge in [-0.15, -0.1) is 0 Å². The molecule has 2 aromatic rings. The van der Waals surface area contributed by atoms with Crippen LogP contribution < -0.4 is 10.1 Å². The fourth-order valence-electron chi connectivity index (χ4n) is 2.49. The third-order valence-corrected chi connectivity index (χ3v) is 4.75. The molecule has 0 bridgehead atoms. The lowest BCUT2D eigenvalue weighted by Gasteiger charge is -2.33. The summed E-state index contributed by atoms with van der Waals surface area (Å²) in [5, 5.41) is 3.64. The maximum absolute atomic E-state index is 5.80. The first-order valence-corrected chi connectivity index (χ1v) is 8.17. The number of anilines is 1. The Morgan fingerprint density at radius 1 is 1.15 bits per heavy atom. The molecule has 0 aliphatic carbocycles. The second-order valence-electron chi connectivity index (χ2n) is 5.07. The normalized spacial score (nSPS) is 20.9. The van der Waals surface area contributed by atoms with E-state index in [1.54, 1.807) is 0 Å². The number of para-hydroxylation sites is 1. The van der Waals surface area contributed by atoms with Gasteiger partial charge in [0, 0.05) is 20.4 Å². The zero-order valence-corrected chi connectivity index (χ0v) is 14.2. The van der Waals surface area contributed by atoms with Crippen LogP contribution in [0, 0.1) is 5.92 Å². The van der Waals surface area contributed by atoms with Crippen LogP contribution in [0.5, 0.6) is 5.75 Å². The van der Waals surface area contributed by atoms with Crippen molar-refractivity contribution in [1.29, 1.82) is 0 Å². The third-order valence-electron chi connectivity index (χ3n) is 3.56. The summed E-state index contributed by atoms with van der Waals surface area (Å²) in [5.74, 6) is 1.39. The lowest BCUT2D eigenvalue weighted by molar-refractivity contribution is 0.214. The van der Waals surface area contributed by atoms with Gasteiger partial charge < -0.3 is 10.1 Å². The van der Waals surface area contributed by atoms with Crippen molar-refractivity contribution < 1.29 is 4.74 Å². The number of ether oxygens (including phenoxy) is 1. The van der Waals surface area contributed by atoms with Gasteiger partial charge in [-0.3, -0.25) is 0 Å². The van der Waals surface area contributed by atoms with E-state index in [9.17, 15) is 0 Å². The zero-order chi connectivity index (χ0) is 14.1. The van der Waals surface area contributed by atoms with Gasteiger partial charge in [0.1, 0.15) is 5.75 Å². The molecule has 2 unspecified atom stereocenters. The van der Waals surface area contributed by atoms with Crippen molar-refractivity contribution in [1.82, 2.24) is 0 Å². The third kappa shape index (κ3) is 2.72. The van der Waals surface area contributed by atoms with Crippen LogP contribution in [0.25, 0.3) is 0 Å². The summed E-state index contributed by atoms with van der Waals surface area (Å²) < 4.78 is 7.93. The molecule has 1 heterocycles. The van der Waals surface area contributed by atoms with Crippen molar-refractivity contribution in [3.8, 4) is 5.75 Å². The van der Waals surface area contributed by atoms with Crippen LogP contribution in [-0.4, -0.2) is 6.61 Å². The molecule has 0 aromatic heterocycles. The van der Waals surface area contributed by atoms with Crippen molar-refractivity contribution in [3.05, 3.63) is 57.0 Å². The van der Waals surface area contributed by atoms with Gasteiger partial charge in [0.25, 0.3) is 0 Å². The van der Waals surface area contributed by atoms with Crippen LogP contribution in [0.2, 0.25) is 0 Å². The lowest BCUT2D eigenvalue weighted by Crippen LogP contribution is -2.28. The van der Waals surface area contributed by atoms with Gasteiger partial charge in [-0.05, 0) is 40.2 Å². The molecule has 20 heavy (non-hydrogen) atoms. The summed E-state index contributed by atoms with van der Waals surface area (Å²) in [6.45, 7) is 2.94. The highest BCUT2D eigenvalue weighted by Gasteiger charge is 2.27. The molecule has 1 aliphatic rings. The smallest absolute Gasteiger partial charge is 0.124 e. The second-order valence-corrected chi connectivity index (χ2v) is 6.84. The number of hydrogen-bond donors (Lipinski definition) is 1. The van der Waals surface area contributed by atoms with E-state index < -0.39 is 0 Å². The van der Waals surface area contributed by atoms with Gasteiger partial charge >= 0.3 is 0 Å². The highest BCUT2D eigenvalue weighted by Crippen LogP contribution is 2.39. The molecular weight excluding hydrogens is 382 g/mol. The summed E-state index contributed by atoms with van der Waals surface area (Å²) in [6, 6.07) is 14.7. The largest absolute Gasteiger partial charge is 0.493 e. The molecule has 2 atom stereocenters. The Bertz CT molecular complexity index is 630. The van der Waals surface area contributed by atoms with E-state index in [4.69, 9.17) is 4.74 Å². The van der Waals surface area contributed by atoms with E-state index in [0.29, 0.717) is 5.92 Å². The predicted molar refractivity (Wildman–Crippen MR) is 89.3 cm³/mol. The first-order chi connectivity index (χ1) is 9.65. The van der Waals surface area contributed by atoms with Crippen molar-refractivity contribution in [2.24, 2.45) is 5.92 Å². The quantitative estimate of drug-likeness (QED) is 0.734. The maximum atomic E-state index is 5.80. The Morgan fingerprint density at radius 2 is 1.95 bits per heavy atom. The van der Waals surface area contributed by atoms with Gasteiger partial charge in [-0.1, -0.05) is 41.1 Å². The molecule has 2 aromatic carbocycles. The summed E-state index contributed by atoms with van der Waals surface area (Å²) in [7, 11) is 0. The summed E-state index contributed by atoms with van der Waals surface area (Å²) in [4.78, 5) is 0. The topological polar surface area (TPSA) is 21.3 Å². The lowest BCUT2D eigenvalue weighted by atomic mass is 9.92. The minimum absolute atomic E-state index is 0.255. The molecule has 104 valence electrons. The summed E-state index contributed by atoms with van der Waals surface area (Å²) in [5.41, 5.74) is 2.31. The number of fused-ring (bicyclic) bond motifs is 1. The highest BCUT2D eigenvalue weighted by atomic mass is 79.9. The minimum Gasteiger partial charge on any atom is -0.493 e. The number of halogens is 2. The molecule has 0 saturated heterocycles. The highest BCUT2D eigenvalue weighted by molar-refractivity contribution is 9.11. The Hall–Kier alpha value is -1.000. The van der Waals surface area contributed by atoms with Gasteiger partial charge in [-0.2, -0.15) is 0 Å². The predicted octanol–water partition coefficient (Wildman–Crippen LogP) is 5.39. The SMILES string of the molecule is CC1COc2ccccc2C1Nc1cc(Br)ccc1Br. The van der Waals surface area contributed by atoms with Crippen molar-refractivity contribution >= 4 is 37.5 Å². The van der Waals surface area contributed by atoms with Crippen LogP contribution >= 0.6 is 31.9 Å². The first kappa shape index (κ1) is 14.0. The van der Waals surface area contributed by atoms with Gasteiger partial charge in [0.2, 0.25) is 0 Å². The number of benzene rings is 2. The first-order valence-electron chi connectivity index (χ1n) is 6.58. The average Bonchev–Trinajstić information content (AvgIpc) is 2.46. The van der Waals surface area contributed by atoms with Crippen LogP contribution in [0.3, 0.4) is 0 Å². The van der Waals surface area contributed by atoms with Crippen LogP contribution in [-0.2, 0) is 0 Å². The van der Waals surface area contributed by atoms with E-state index in [-0.39, 0.29) is 6.04 Å². The van der Waals surface area contributed by atoms with E-state index >= 15 is 0 Å². The molecule has 0 amide bonds. The van der Waals surface area contributed by atoms with Crippen molar-refractivity contribution in [2.75, 3.05) is 11.9 Å². The fourth-order valence-corrected chi connectivity index (χ4v) is 3.21. The molecular formula is C16H15Br2NO. The van der Waals surface area contributed by atoms with Crippen LogP contribution in [0.15, 0.2) is 51.4 Å². The minimum atomic E-state index is 0.255. The van der Waals surface area contributed by atoms with E-state index in [2.05, 4.69) is 62.3 Å². The fraction of sp³-hybridized carbons (Fsp3) is 0.250. The Balaban J connectivity index is 1.95. The molecule has 3 rings (SSSR count). The van der Waals surface area contributed by atoms with E-state index in [1.807, 2.05) is 24.3 Å². The molecule has 0 spiro atoms. The van der Waals surface area contributed by atoms with Gasteiger partial charge in [0.15, 0.2) is 0 Å². The van der Waals surface area contributed by atoms with E-state index in [0.717, 1.165) is 27.0 Å². The monoisotopic (exact) mass is 395 g/mol. The van der Waals surface area contributed by atoms with Crippen molar-refractivity contribution in [2.45, 2.75) is 13.0 Å². The maximum Gasteiger partial charge on any atom is 0.124 e. The number of nitrogens with one attached hydrogen (secondary N) is 1. The molecule has 2 nitrogen and oxygen atoms in total. The Labute approximate surface area is 135 Å². The molecule has 1 aliphatic heterocycles. The Kier molecular flexibility index (Phi) is 4.03. The van der Waals surface area contributed by atoms with E-state index in [1.165, 1.54) is 5.56 Å². The molecule has 1 N–H and O–H groups in total. The summed E-state index contributed by atoms with van der Waals surface area (Å²) >= 11 is 7.13. The average molecular weight is 397 g/mol. The summed E-state index contributed by atoms with van der Waals surface area (Å²) in [6.07, 6.45) is 0. The molecule has 0 radical (unpaired) electrons.